The van der Waals surface area contributed by atoms with Gasteiger partial charge >= 0.3 is 0 Å². The molecule has 0 rings (SSSR count). The molecule has 0 aliphatic rings. The van der Waals surface area contributed by atoms with E-state index >= 15 is 0 Å². The highest BCUT2D eigenvalue weighted by Crippen LogP contribution is 2.04. The molecule has 1 nitrogen and oxygen atoms in total. The van der Waals surface area contributed by atoms with Crippen molar-refractivity contribution in [2.75, 3.05) is 7.11 Å². The Bertz CT molecular complexity index is 68.8. The normalized spacial score (nSPS) is 17.4. The van der Waals surface area contributed by atoms with Crippen LogP contribution in [0.2, 0.25) is 0 Å². The lowest BCUT2D eigenvalue weighted by Crippen LogP contribution is -2.13. The first-order valence-electron chi connectivity index (χ1n) is 2.87. The van der Waals surface area contributed by atoms with E-state index in [-0.39, 0.29) is 0 Å². The van der Waals surface area contributed by atoms with Gasteiger partial charge in [0.25, 0.3) is 0 Å². The molecule has 0 radical (unpaired) electrons. The lowest BCUT2D eigenvalue weighted by Gasteiger charge is -2.12. The largest absolute Gasteiger partial charge is 0.381 e. The van der Waals surface area contributed by atoms with Crippen molar-refractivity contribution in [2.24, 2.45) is 5.92 Å². The van der Waals surface area contributed by atoms with Gasteiger partial charge in [0.1, 0.15) is 0 Å². The van der Waals surface area contributed by atoms with Crippen LogP contribution in [0.4, 0.5) is 0 Å². The van der Waals surface area contributed by atoms with Crippen molar-refractivity contribution in [1.29, 1.82) is 0 Å². The third-order valence-electron chi connectivity index (χ3n) is 1.48. The van der Waals surface area contributed by atoms with Crippen LogP contribution in [0.25, 0.3) is 0 Å². The summed E-state index contributed by atoms with van der Waals surface area (Å²) in [6.45, 7) is 7.77. The topological polar surface area (TPSA) is 9.23 Å². The molecule has 0 heterocycles. The summed E-state index contributed by atoms with van der Waals surface area (Å²) < 4.78 is 5.03. The monoisotopic (exact) mass is 114 g/mol. The van der Waals surface area contributed by atoms with Crippen LogP contribution in [-0.4, -0.2) is 13.2 Å². The minimum absolute atomic E-state index is 0.299. The quantitative estimate of drug-likeness (QED) is 0.509. The lowest BCUT2D eigenvalue weighted by molar-refractivity contribution is 0.0900. The maximum absolute atomic E-state index is 5.03. The van der Waals surface area contributed by atoms with Crippen LogP contribution in [0.5, 0.6) is 0 Å². The Kier molecular flexibility index (Phi) is 3.53. The maximum atomic E-state index is 5.03. The van der Waals surface area contributed by atoms with Gasteiger partial charge in [-0.25, -0.2) is 0 Å². The fraction of sp³-hybridized carbons (Fsp3) is 0.714. The van der Waals surface area contributed by atoms with Crippen molar-refractivity contribution >= 4 is 0 Å². The highest BCUT2D eigenvalue weighted by atomic mass is 16.5. The summed E-state index contributed by atoms with van der Waals surface area (Å²) in [4.78, 5) is 0. The van der Waals surface area contributed by atoms with Gasteiger partial charge in [-0.15, -0.1) is 6.58 Å². The Morgan fingerprint density at radius 2 is 2.00 bits per heavy atom. The molecule has 1 heteroatoms. The Balaban J connectivity index is 3.44. The van der Waals surface area contributed by atoms with Crippen molar-refractivity contribution in [3.05, 3.63) is 12.7 Å². The minimum Gasteiger partial charge on any atom is -0.381 e. The SMILES string of the molecule is C=CC(C)C(C)OC. The van der Waals surface area contributed by atoms with Crippen LogP contribution >= 0.6 is 0 Å². The van der Waals surface area contributed by atoms with Crippen molar-refractivity contribution in [1.82, 2.24) is 0 Å². The van der Waals surface area contributed by atoms with Crippen molar-refractivity contribution in [3.8, 4) is 0 Å². The minimum atomic E-state index is 0.299. The van der Waals surface area contributed by atoms with Gasteiger partial charge in [-0.05, 0) is 12.8 Å². The Hall–Kier alpha value is -0.300. The number of hydrogen-bond donors (Lipinski definition) is 0. The average molecular weight is 114 g/mol. The van der Waals surface area contributed by atoms with Crippen LogP contribution in [0.3, 0.4) is 0 Å². The third kappa shape index (κ3) is 2.12. The van der Waals surface area contributed by atoms with E-state index in [2.05, 4.69) is 13.5 Å². The molecule has 0 amide bonds. The molecule has 0 spiro atoms. The molecular formula is C7H14O. The molecule has 0 aliphatic carbocycles. The van der Waals surface area contributed by atoms with E-state index in [1.165, 1.54) is 0 Å². The number of methoxy groups -OCH3 is 1. The predicted molar refractivity (Wildman–Crippen MR) is 35.8 cm³/mol. The molecule has 2 unspecified atom stereocenters. The first-order valence-corrected chi connectivity index (χ1v) is 2.87. The number of hydrogen-bond acceptors (Lipinski definition) is 1. The summed E-state index contributed by atoms with van der Waals surface area (Å²) in [5.74, 6) is 0.458. The second kappa shape index (κ2) is 3.67. The highest BCUT2D eigenvalue weighted by molar-refractivity contribution is 4.79. The lowest BCUT2D eigenvalue weighted by atomic mass is 10.1. The summed E-state index contributed by atoms with van der Waals surface area (Å²) in [7, 11) is 1.71. The zero-order valence-corrected chi connectivity index (χ0v) is 5.85. The Labute approximate surface area is 51.4 Å². The second-order valence-electron chi connectivity index (χ2n) is 2.04. The maximum Gasteiger partial charge on any atom is 0.0603 e. The number of rotatable bonds is 3. The second-order valence-corrected chi connectivity index (χ2v) is 2.04. The third-order valence-corrected chi connectivity index (χ3v) is 1.48. The highest BCUT2D eigenvalue weighted by Gasteiger charge is 2.04. The summed E-state index contributed by atoms with van der Waals surface area (Å²) in [6, 6.07) is 0. The molecule has 0 aromatic carbocycles. The summed E-state index contributed by atoms with van der Waals surface area (Å²) in [5.41, 5.74) is 0. The molecule has 0 aromatic heterocycles. The van der Waals surface area contributed by atoms with Gasteiger partial charge in [0.2, 0.25) is 0 Å². The fourth-order valence-corrected chi connectivity index (χ4v) is 0.406. The van der Waals surface area contributed by atoms with Crippen molar-refractivity contribution < 1.29 is 4.74 Å². The van der Waals surface area contributed by atoms with E-state index in [1.807, 2.05) is 13.0 Å². The van der Waals surface area contributed by atoms with Crippen LogP contribution in [0.15, 0.2) is 12.7 Å². The average Bonchev–Trinajstić information content (AvgIpc) is 1.84. The zero-order valence-electron chi connectivity index (χ0n) is 5.85. The Morgan fingerprint density at radius 3 is 2.12 bits per heavy atom. The molecule has 2 atom stereocenters. The summed E-state index contributed by atoms with van der Waals surface area (Å²) in [5, 5.41) is 0. The molecule has 0 fully saturated rings. The van der Waals surface area contributed by atoms with Gasteiger partial charge in [0.05, 0.1) is 6.10 Å². The molecule has 0 bridgehead atoms. The molecular weight excluding hydrogens is 100 g/mol. The zero-order chi connectivity index (χ0) is 6.57. The van der Waals surface area contributed by atoms with Gasteiger partial charge in [-0.3, -0.25) is 0 Å². The van der Waals surface area contributed by atoms with E-state index in [0.29, 0.717) is 12.0 Å². The van der Waals surface area contributed by atoms with Crippen molar-refractivity contribution in [2.45, 2.75) is 20.0 Å². The smallest absolute Gasteiger partial charge is 0.0603 e. The van der Waals surface area contributed by atoms with Gasteiger partial charge < -0.3 is 4.74 Å². The van der Waals surface area contributed by atoms with Crippen LogP contribution in [0, 0.1) is 5.92 Å². The van der Waals surface area contributed by atoms with Crippen LogP contribution in [0.1, 0.15) is 13.8 Å². The molecule has 0 saturated carbocycles. The van der Waals surface area contributed by atoms with Gasteiger partial charge in [0, 0.05) is 7.11 Å². The summed E-state index contributed by atoms with van der Waals surface area (Å²) >= 11 is 0. The van der Waals surface area contributed by atoms with Gasteiger partial charge in [-0.1, -0.05) is 13.0 Å². The molecule has 0 aliphatic heterocycles. The van der Waals surface area contributed by atoms with Crippen LogP contribution in [-0.2, 0) is 4.74 Å². The predicted octanol–water partition coefficient (Wildman–Crippen LogP) is 1.84. The van der Waals surface area contributed by atoms with Crippen molar-refractivity contribution in [3.63, 3.8) is 0 Å². The molecule has 0 N–H and O–H groups in total. The number of ether oxygens (including phenoxy) is 1. The van der Waals surface area contributed by atoms with Gasteiger partial charge in [0.15, 0.2) is 0 Å². The standard InChI is InChI=1S/C7H14O/c1-5-6(2)7(3)8-4/h5-7H,1H2,2-4H3. The fourth-order valence-electron chi connectivity index (χ4n) is 0.406. The van der Waals surface area contributed by atoms with E-state index in [4.69, 9.17) is 4.74 Å². The first-order chi connectivity index (χ1) is 3.72. The first kappa shape index (κ1) is 7.70. The van der Waals surface area contributed by atoms with E-state index in [1.54, 1.807) is 7.11 Å². The van der Waals surface area contributed by atoms with E-state index < -0.39 is 0 Å². The van der Waals surface area contributed by atoms with Gasteiger partial charge in [-0.2, -0.15) is 0 Å². The van der Waals surface area contributed by atoms with Crippen LogP contribution < -0.4 is 0 Å². The molecule has 8 heavy (non-hydrogen) atoms. The molecule has 0 aromatic rings. The molecule has 48 valence electrons. The molecule has 0 saturated heterocycles. The van der Waals surface area contributed by atoms with E-state index in [9.17, 15) is 0 Å². The van der Waals surface area contributed by atoms with E-state index in [0.717, 1.165) is 0 Å². The Morgan fingerprint density at radius 1 is 1.50 bits per heavy atom. The summed E-state index contributed by atoms with van der Waals surface area (Å²) in [6.07, 6.45) is 2.20.